The number of hydrogen-bond donors (Lipinski definition) is 1. The van der Waals surface area contributed by atoms with Crippen LogP contribution in [0.4, 0.5) is 0 Å². The molecule has 1 aromatic rings. The number of hydrogen-bond acceptors (Lipinski definition) is 3. The highest BCUT2D eigenvalue weighted by atomic mass is 79.9. The first-order valence-electron chi connectivity index (χ1n) is 8.08. The van der Waals surface area contributed by atoms with Crippen LogP contribution in [-0.4, -0.2) is 56.1 Å². The topological polar surface area (TPSA) is 18.5 Å². The first-order valence-corrected chi connectivity index (χ1v) is 8.88. The fraction of sp³-hybridized carbons (Fsp3) is 0.647. The Hall–Kier alpha value is -0.420. The van der Waals surface area contributed by atoms with E-state index in [1.807, 2.05) is 0 Å². The third-order valence-corrected chi connectivity index (χ3v) is 4.80. The maximum atomic E-state index is 3.63. The second kappa shape index (κ2) is 8.89. The quantitative estimate of drug-likeness (QED) is 0.847. The average molecular weight is 354 g/mol. The molecule has 0 radical (unpaired) electrons. The Bertz CT molecular complexity index is 407. The van der Waals surface area contributed by atoms with Crippen LogP contribution >= 0.6 is 15.9 Å². The molecular weight excluding hydrogens is 326 g/mol. The summed E-state index contributed by atoms with van der Waals surface area (Å²) in [4.78, 5) is 5.06. The summed E-state index contributed by atoms with van der Waals surface area (Å²) in [7, 11) is 2.23. The molecule has 1 aliphatic heterocycles. The molecule has 0 bridgehead atoms. The highest BCUT2D eigenvalue weighted by Gasteiger charge is 2.15. The molecule has 1 N–H and O–H groups in total. The van der Waals surface area contributed by atoms with Crippen LogP contribution in [0.1, 0.15) is 31.4 Å². The van der Waals surface area contributed by atoms with E-state index in [1.54, 1.807) is 0 Å². The van der Waals surface area contributed by atoms with E-state index in [-0.39, 0.29) is 0 Å². The lowest BCUT2D eigenvalue weighted by Gasteiger charge is -2.24. The zero-order valence-electron chi connectivity index (χ0n) is 13.3. The maximum Gasteiger partial charge on any atom is 0.0332 e. The van der Waals surface area contributed by atoms with Crippen molar-refractivity contribution in [1.82, 2.24) is 15.1 Å². The first-order chi connectivity index (χ1) is 10.2. The van der Waals surface area contributed by atoms with Gasteiger partial charge in [-0.2, -0.15) is 0 Å². The number of halogens is 1. The molecule has 2 rings (SSSR count). The zero-order valence-corrected chi connectivity index (χ0v) is 14.9. The van der Waals surface area contributed by atoms with Crippen molar-refractivity contribution < 1.29 is 0 Å². The van der Waals surface area contributed by atoms with Gasteiger partial charge in [0.25, 0.3) is 0 Å². The molecule has 0 amide bonds. The molecule has 1 saturated heterocycles. The Morgan fingerprint density at radius 1 is 1.14 bits per heavy atom. The Labute approximate surface area is 137 Å². The molecule has 1 fully saturated rings. The summed E-state index contributed by atoms with van der Waals surface area (Å²) >= 11 is 3.52. The van der Waals surface area contributed by atoms with Gasteiger partial charge in [-0.3, -0.25) is 0 Å². The van der Waals surface area contributed by atoms with E-state index in [4.69, 9.17) is 0 Å². The van der Waals surface area contributed by atoms with Gasteiger partial charge in [0, 0.05) is 23.6 Å². The Balaban J connectivity index is 1.89. The lowest BCUT2D eigenvalue weighted by Crippen LogP contribution is -2.32. The number of rotatable bonds is 6. The summed E-state index contributed by atoms with van der Waals surface area (Å²) in [5, 5.41) is 3.63. The van der Waals surface area contributed by atoms with Crippen LogP contribution in [0, 0.1) is 0 Å². The van der Waals surface area contributed by atoms with Gasteiger partial charge in [0.05, 0.1) is 0 Å². The van der Waals surface area contributed by atoms with Gasteiger partial charge < -0.3 is 15.1 Å². The predicted octanol–water partition coefficient (Wildman–Crippen LogP) is 3.13. The van der Waals surface area contributed by atoms with Crippen LogP contribution in [0.5, 0.6) is 0 Å². The molecular formula is C17H28BrN3. The van der Waals surface area contributed by atoms with Gasteiger partial charge in [-0.25, -0.2) is 0 Å². The van der Waals surface area contributed by atoms with Crippen LogP contribution in [0.3, 0.4) is 0 Å². The Morgan fingerprint density at radius 3 is 2.62 bits per heavy atom. The Kier molecular flexibility index (Phi) is 7.17. The molecule has 3 nitrogen and oxygen atoms in total. The molecule has 0 aromatic heterocycles. The highest BCUT2D eigenvalue weighted by molar-refractivity contribution is 9.10. The monoisotopic (exact) mass is 353 g/mol. The molecule has 1 unspecified atom stereocenters. The maximum absolute atomic E-state index is 3.63. The molecule has 1 atom stereocenters. The first kappa shape index (κ1) is 16.9. The fourth-order valence-electron chi connectivity index (χ4n) is 2.96. The van der Waals surface area contributed by atoms with Crippen molar-refractivity contribution in [1.29, 1.82) is 0 Å². The van der Waals surface area contributed by atoms with E-state index in [1.165, 1.54) is 51.1 Å². The SMILES string of the molecule is CCNC(CCN1CCCN(C)CC1)c1ccc(Br)cc1. The molecule has 0 aliphatic carbocycles. The molecule has 1 heterocycles. The smallest absolute Gasteiger partial charge is 0.0332 e. The van der Waals surface area contributed by atoms with Crippen molar-refractivity contribution in [2.45, 2.75) is 25.8 Å². The van der Waals surface area contributed by atoms with Gasteiger partial charge in [0.15, 0.2) is 0 Å². The predicted molar refractivity (Wildman–Crippen MR) is 93.7 cm³/mol. The van der Waals surface area contributed by atoms with Crippen LogP contribution in [0.25, 0.3) is 0 Å². The molecule has 21 heavy (non-hydrogen) atoms. The van der Waals surface area contributed by atoms with Gasteiger partial charge in [-0.05, 0) is 63.8 Å². The van der Waals surface area contributed by atoms with E-state index in [0.717, 1.165) is 11.0 Å². The van der Waals surface area contributed by atoms with Crippen LogP contribution in [0.15, 0.2) is 28.7 Å². The van der Waals surface area contributed by atoms with Crippen molar-refractivity contribution in [2.24, 2.45) is 0 Å². The minimum absolute atomic E-state index is 0.462. The normalized spacial score (nSPS) is 19.4. The lowest BCUT2D eigenvalue weighted by atomic mass is 10.0. The number of benzene rings is 1. The lowest BCUT2D eigenvalue weighted by molar-refractivity contribution is 0.261. The minimum atomic E-state index is 0.462. The summed E-state index contributed by atoms with van der Waals surface area (Å²) in [6.45, 7) is 9.26. The van der Waals surface area contributed by atoms with Crippen LogP contribution in [-0.2, 0) is 0 Å². The largest absolute Gasteiger partial charge is 0.310 e. The van der Waals surface area contributed by atoms with Crippen LogP contribution < -0.4 is 5.32 Å². The summed E-state index contributed by atoms with van der Waals surface area (Å²) in [6.07, 6.45) is 2.47. The van der Waals surface area contributed by atoms with Crippen molar-refractivity contribution >= 4 is 15.9 Å². The van der Waals surface area contributed by atoms with Gasteiger partial charge in [0.1, 0.15) is 0 Å². The van der Waals surface area contributed by atoms with Crippen molar-refractivity contribution in [3.63, 3.8) is 0 Å². The third-order valence-electron chi connectivity index (χ3n) is 4.27. The number of likely N-dealkylation sites (N-methyl/N-ethyl adjacent to an activating group) is 1. The molecule has 118 valence electrons. The number of nitrogens with one attached hydrogen (secondary N) is 1. The van der Waals surface area contributed by atoms with Gasteiger partial charge in [-0.1, -0.05) is 35.0 Å². The van der Waals surface area contributed by atoms with Crippen molar-refractivity contribution in [2.75, 3.05) is 46.3 Å². The second-order valence-electron chi connectivity index (χ2n) is 5.95. The molecule has 1 aliphatic rings. The van der Waals surface area contributed by atoms with E-state index >= 15 is 0 Å². The van der Waals surface area contributed by atoms with E-state index in [9.17, 15) is 0 Å². The standard InChI is InChI=1S/C17H28BrN3/c1-3-19-17(15-5-7-16(18)8-6-15)9-12-21-11-4-10-20(2)13-14-21/h5-8,17,19H,3-4,9-14H2,1-2H3. The van der Waals surface area contributed by atoms with Crippen LogP contribution in [0.2, 0.25) is 0 Å². The second-order valence-corrected chi connectivity index (χ2v) is 6.86. The molecule has 1 aromatic carbocycles. The highest BCUT2D eigenvalue weighted by Crippen LogP contribution is 2.20. The third kappa shape index (κ3) is 5.70. The summed E-state index contributed by atoms with van der Waals surface area (Å²) in [5.41, 5.74) is 1.40. The van der Waals surface area contributed by atoms with Crippen molar-refractivity contribution in [3.8, 4) is 0 Å². The van der Waals surface area contributed by atoms with Gasteiger partial charge in [0.2, 0.25) is 0 Å². The van der Waals surface area contributed by atoms with Gasteiger partial charge >= 0.3 is 0 Å². The van der Waals surface area contributed by atoms with E-state index < -0.39 is 0 Å². The Morgan fingerprint density at radius 2 is 1.90 bits per heavy atom. The average Bonchev–Trinajstić information content (AvgIpc) is 2.69. The summed E-state index contributed by atoms with van der Waals surface area (Å²) in [6, 6.07) is 9.20. The molecule has 4 heteroatoms. The number of nitrogens with zero attached hydrogens (tertiary/aromatic N) is 2. The summed E-state index contributed by atoms with van der Waals surface area (Å²) < 4.78 is 1.15. The zero-order chi connectivity index (χ0) is 15.1. The molecule has 0 spiro atoms. The minimum Gasteiger partial charge on any atom is -0.310 e. The van der Waals surface area contributed by atoms with Crippen molar-refractivity contribution in [3.05, 3.63) is 34.3 Å². The van der Waals surface area contributed by atoms with Gasteiger partial charge in [-0.15, -0.1) is 0 Å². The summed E-state index contributed by atoms with van der Waals surface area (Å²) in [5.74, 6) is 0. The molecule has 0 saturated carbocycles. The van der Waals surface area contributed by atoms with E-state index in [0.29, 0.717) is 6.04 Å². The van der Waals surface area contributed by atoms with E-state index in [2.05, 4.69) is 69.3 Å². The fourth-order valence-corrected chi connectivity index (χ4v) is 3.23.